The van der Waals surface area contributed by atoms with Crippen LogP contribution in [0.1, 0.15) is 18.1 Å². The average Bonchev–Trinajstić information content (AvgIpc) is 3.53. The van der Waals surface area contributed by atoms with Gasteiger partial charge in [-0.3, -0.25) is 19.2 Å². The second-order valence-corrected chi connectivity index (χ2v) is 10.3. The summed E-state index contributed by atoms with van der Waals surface area (Å²) in [4.78, 5) is 49.8. The lowest BCUT2D eigenvalue weighted by atomic mass is 9.78. The lowest BCUT2D eigenvalue weighted by Gasteiger charge is -2.26. The first-order chi connectivity index (χ1) is 20.7. The number of ether oxygens (including phenoxy) is 2. The number of rotatable bonds is 8. The first kappa shape index (κ1) is 27.4. The summed E-state index contributed by atoms with van der Waals surface area (Å²) in [6.07, 6.45) is 4.99. The van der Waals surface area contributed by atoms with Crippen LogP contribution < -0.4 is 19.3 Å². The number of benzene rings is 4. The smallest absolute Gasteiger partial charge is 0.258 e. The van der Waals surface area contributed by atoms with Gasteiger partial charge in [0.2, 0.25) is 0 Å². The van der Waals surface area contributed by atoms with E-state index in [4.69, 9.17) is 9.47 Å². The molecule has 0 bridgehead atoms. The third-order valence-corrected chi connectivity index (χ3v) is 7.26. The fourth-order valence-corrected chi connectivity index (χ4v) is 4.86. The first-order valence-electron chi connectivity index (χ1n) is 13.4. The summed E-state index contributed by atoms with van der Waals surface area (Å²) in [7, 11) is 0. The van der Waals surface area contributed by atoms with Crippen LogP contribution >= 0.6 is 0 Å². The molecule has 2 aliphatic rings. The molecule has 4 aromatic rings. The number of nitrogens with zero attached hydrogens (tertiary/aromatic N) is 2. The standard InChI is InChI=1S/C35H25N2O6/c1-35(2,23-3-11-27(12-4-23)42-29-15-7-25(8-16-29)36-31(38)19-20-32(36)39)24-5-13-28(14-6-24)43-30-17-9-26(10-18-30)37-33(40)21-22-34(37)41/h3-22H,1H2,2H3. The zero-order valence-corrected chi connectivity index (χ0v) is 23.1. The second kappa shape index (κ2) is 10.9. The Balaban J connectivity index is 1.08. The van der Waals surface area contributed by atoms with Crippen molar-refractivity contribution in [1.82, 2.24) is 0 Å². The van der Waals surface area contributed by atoms with E-state index in [0.29, 0.717) is 34.4 Å². The highest BCUT2D eigenvalue weighted by Crippen LogP contribution is 2.35. The molecular formula is C35H25N2O6. The summed E-state index contributed by atoms with van der Waals surface area (Å²) in [5, 5.41) is 0. The molecule has 6 rings (SSSR count). The number of carbonyl (C=O) groups excluding carboxylic acids is 4. The minimum atomic E-state index is -0.550. The minimum absolute atomic E-state index is 0.368. The Morgan fingerprint density at radius 2 is 0.721 bits per heavy atom. The molecule has 8 heteroatoms. The maximum Gasteiger partial charge on any atom is 0.258 e. The molecule has 0 aromatic heterocycles. The largest absolute Gasteiger partial charge is 0.457 e. The quantitative estimate of drug-likeness (QED) is 0.232. The summed E-state index contributed by atoms with van der Waals surface area (Å²) in [6, 6.07) is 28.8. The van der Waals surface area contributed by atoms with Gasteiger partial charge in [-0.15, -0.1) is 0 Å². The van der Waals surface area contributed by atoms with E-state index in [1.165, 1.54) is 24.3 Å². The van der Waals surface area contributed by atoms with Gasteiger partial charge < -0.3 is 9.47 Å². The van der Waals surface area contributed by atoms with Gasteiger partial charge in [0.05, 0.1) is 11.4 Å². The normalized spacial score (nSPS) is 14.7. The highest BCUT2D eigenvalue weighted by Gasteiger charge is 2.26. The monoisotopic (exact) mass is 569 g/mol. The summed E-state index contributed by atoms with van der Waals surface area (Å²) >= 11 is 0. The summed E-state index contributed by atoms with van der Waals surface area (Å²) < 4.78 is 11.9. The zero-order valence-electron chi connectivity index (χ0n) is 23.1. The molecule has 0 N–H and O–H groups in total. The predicted octanol–water partition coefficient (Wildman–Crippen LogP) is 6.27. The molecule has 2 aliphatic heterocycles. The van der Waals surface area contributed by atoms with Crippen LogP contribution in [0, 0.1) is 6.92 Å². The van der Waals surface area contributed by atoms with Crippen LogP contribution in [0.2, 0.25) is 0 Å². The fourth-order valence-electron chi connectivity index (χ4n) is 4.86. The molecule has 8 nitrogen and oxygen atoms in total. The van der Waals surface area contributed by atoms with Gasteiger partial charge in [-0.1, -0.05) is 31.2 Å². The molecule has 43 heavy (non-hydrogen) atoms. The van der Waals surface area contributed by atoms with E-state index in [9.17, 15) is 19.2 Å². The van der Waals surface area contributed by atoms with Crippen LogP contribution in [0.5, 0.6) is 23.0 Å². The van der Waals surface area contributed by atoms with Crippen molar-refractivity contribution in [1.29, 1.82) is 0 Å². The van der Waals surface area contributed by atoms with E-state index in [0.717, 1.165) is 20.9 Å². The molecule has 0 fully saturated rings. The van der Waals surface area contributed by atoms with E-state index in [2.05, 4.69) is 6.92 Å². The average molecular weight is 570 g/mol. The van der Waals surface area contributed by atoms with Crippen molar-refractivity contribution >= 4 is 35.0 Å². The van der Waals surface area contributed by atoms with Crippen LogP contribution in [0.15, 0.2) is 121 Å². The highest BCUT2D eigenvalue weighted by atomic mass is 16.5. The lowest BCUT2D eigenvalue weighted by Crippen LogP contribution is -2.29. The Hall–Kier alpha value is -5.76. The second-order valence-electron chi connectivity index (χ2n) is 10.3. The number of hydrogen-bond donors (Lipinski definition) is 0. The predicted molar refractivity (Wildman–Crippen MR) is 161 cm³/mol. The van der Waals surface area contributed by atoms with Crippen molar-refractivity contribution in [3.05, 3.63) is 139 Å². The van der Waals surface area contributed by atoms with Gasteiger partial charge in [0.25, 0.3) is 23.6 Å². The van der Waals surface area contributed by atoms with Crippen molar-refractivity contribution in [2.45, 2.75) is 12.3 Å². The van der Waals surface area contributed by atoms with Gasteiger partial charge in [0.15, 0.2) is 0 Å². The molecular weight excluding hydrogens is 544 g/mol. The molecule has 0 aliphatic carbocycles. The number of amides is 4. The van der Waals surface area contributed by atoms with Crippen molar-refractivity contribution in [2.75, 3.05) is 9.80 Å². The lowest BCUT2D eigenvalue weighted by molar-refractivity contribution is -0.121. The molecule has 0 saturated heterocycles. The van der Waals surface area contributed by atoms with Crippen LogP contribution in [0.25, 0.3) is 0 Å². The molecule has 2 heterocycles. The zero-order chi connectivity index (χ0) is 30.1. The van der Waals surface area contributed by atoms with Crippen LogP contribution in [0.4, 0.5) is 11.4 Å². The third kappa shape index (κ3) is 5.46. The summed E-state index contributed by atoms with van der Waals surface area (Å²) in [5.41, 5.74) is 2.38. The van der Waals surface area contributed by atoms with Gasteiger partial charge >= 0.3 is 0 Å². The van der Waals surface area contributed by atoms with Crippen LogP contribution in [-0.2, 0) is 24.6 Å². The molecule has 4 amide bonds. The van der Waals surface area contributed by atoms with Crippen molar-refractivity contribution < 1.29 is 28.7 Å². The van der Waals surface area contributed by atoms with E-state index < -0.39 is 5.41 Å². The van der Waals surface area contributed by atoms with Crippen LogP contribution in [-0.4, -0.2) is 23.6 Å². The van der Waals surface area contributed by atoms with Crippen molar-refractivity contribution in [2.24, 2.45) is 0 Å². The van der Waals surface area contributed by atoms with Gasteiger partial charge in [-0.25, -0.2) is 9.80 Å². The van der Waals surface area contributed by atoms with Crippen LogP contribution in [0.3, 0.4) is 0 Å². The third-order valence-electron chi connectivity index (χ3n) is 7.26. The van der Waals surface area contributed by atoms with Crippen molar-refractivity contribution in [3.8, 4) is 23.0 Å². The Morgan fingerprint density at radius 1 is 0.465 bits per heavy atom. The van der Waals surface area contributed by atoms with E-state index in [-0.39, 0.29) is 23.6 Å². The SMILES string of the molecule is [CH2]C(C)(c1ccc(Oc2ccc(N3C(=O)C=CC3=O)cc2)cc1)c1ccc(Oc2ccc(N3C(=O)C=CC3=O)cc2)cc1. The van der Waals surface area contributed by atoms with Gasteiger partial charge in [-0.2, -0.15) is 0 Å². The molecule has 0 atom stereocenters. The molecule has 0 saturated carbocycles. The molecule has 211 valence electrons. The van der Waals surface area contributed by atoms with E-state index >= 15 is 0 Å². The summed E-state index contributed by atoms with van der Waals surface area (Å²) in [6.45, 7) is 6.48. The fraction of sp³-hybridized carbons (Fsp3) is 0.0571. The summed E-state index contributed by atoms with van der Waals surface area (Å²) in [5.74, 6) is 0.932. The number of anilines is 2. The van der Waals surface area contributed by atoms with Crippen molar-refractivity contribution in [3.63, 3.8) is 0 Å². The minimum Gasteiger partial charge on any atom is -0.457 e. The maximum atomic E-state index is 11.9. The van der Waals surface area contributed by atoms with E-state index in [1.54, 1.807) is 48.5 Å². The number of hydrogen-bond acceptors (Lipinski definition) is 6. The van der Waals surface area contributed by atoms with Gasteiger partial charge in [0, 0.05) is 29.7 Å². The van der Waals surface area contributed by atoms with Gasteiger partial charge in [0.1, 0.15) is 23.0 Å². The Kier molecular flexibility index (Phi) is 6.95. The Bertz CT molecular complexity index is 1620. The first-order valence-corrected chi connectivity index (χ1v) is 13.4. The Labute approximate surface area is 248 Å². The molecule has 0 unspecified atom stereocenters. The van der Waals surface area contributed by atoms with E-state index in [1.807, 2.05) is 55.5 Å². The highest BCUT2D eigenvalue weighted by molar-refractivity contribution is 6.28. The number of carbonyl (C=O) groups is 4. The maximum absolute atomic E-state index is 11.9. The van der Waals surface area contributed by atoms with Gasteiger partial charge in [-0.05, 0) is 90.8 Å². The Morgan fingerprint density at radius 3 is 1.00 bits per heavy atom. The topological polar surface area (TPSA) is 93.2 Å². The molecule has 1 radical (unpaired) electrons. The molecule has 0 spiro atoms. The number of imide groups is 2. The molecule has 4 aromatic carbocycles.